The molecule has 0 amide bonds. The molecule has 0 radical (unpaired) electrons. The molecule has 2 aromatic carbocycles. The van der Waals surface area contributed by atoms with Gasteiger partial charge in [0.25, 0.3) is 0 Å². The van der Waals surface area contributed by atoms with Crippen molar-refractivity contribution < 1.29 is 9.15 Å². The lowest BCUT2D eigenvalue weighted by Gasteiger charge is -2.10. The van der Waals surface area contributed by atoms with Crippen LogP contribution in [-0.2, 0) is 6.61 Å². The second-order valence-electron chi connectivity index (χ2n) is 4.79. The monoisotopic (exact) mass is 300 g/mol. The van der Waals surface area contributed by atoms with E-state index < -0.39 is 5.63 Å². The number of hydrogen-bond donors (Lipinski definition) is 0. The molecule has 3 nitrogen and oxygen atoms in total. The fraction of sp³-hybridized carbons (Fsp3) is 0.118. The van der Waals surface area contributed by atoms with Crippen LogP contribution in [0.25, 0.3) is 11.0 Å². The van der Waals surface area contributed by atoms with Crippen molar-refractivity contribution in [2.24, 2.45) is 0 Å². The van der Waals surface area contributed by atoms with E-state index in [9.17, 15) is 4.79 Å². The van der Waals surface area contributed by atoms with Crippen LogP contribution in [0, 0.1) is 6.92 Å². The SMILES string of the molecule is Cc1ccccc1OCc1cc(=O)oc2cc(Cl)ccc12. The van der Waals surface area contributed by atoms with Gasteiger partial charge in [-0.3, -0.25) is 0 Å². The summed E-state index contributed by atoms with van der Waals surface area (Å²) in [7, 11) is 0. The molecule has 106 valence electrons. The molecule has 0 spiro atoms. The van der Waals surface area contributed by atoms with Crippen molar-refractivity contribution in [2.75, 3.05) is 0 Å². The molecule has 0 aliphatic carbocycles. The van der Waals surface area contributed by atoms with Crippen molar-refractivity contribution in [2.45, 2.75) is 13.5 Å². The summed E-state index contributed by atoms with van der Waals surface area (Å²) >= 11 is 5.92. The first-order valence-electron chi connectivity index (χ1n) is 6.54. The number of benzene rings is 2. The van der Waals surface area contributed by atoms with E-state index in [-0.39, 0.29) is 0 Å². The Morgan fingerprint density at radius 2 is 1.95 bits per heavy atom. The lowest BCUT2D eigenvalue weighted by atomic mass is 10.1. The number of aryl methyl sites for hydroxylation is 1. The molecule has 4 heteroatoms. The van der Waals surface area contributed by atoms with Gasteiger partial charge in [-0.05, 0) is 30.7 Å². The van der Waals surface area contributed by atoms with Gasteiger partial charge in [-0.1, -0.05) is 29.8 Å². The molecular weight excluding hydrogens is 288 g/mol. The highest BCUT2D eigenvalue weighted by molar-refractivity contribution is 6.31. The van der Waals surface area contributed by atoms with E-state index in [0.717, 1.165) is 22.3 Å². The molecule has 0 aliphatic heterocycles. The zero-order chi connectivity index (χ0) is 14.8. The summed E-state index contributed by atoms with van der Waals surface area (Å²) < 4.78 is 11.0. The molecular formula is C17H13ClO3. The Balaban J connectivity index is 1.97. The first-order chi connectivity index (χ1) is 10.1. The summed E-state index contributed by atoms with van der Waals surface area (Å²) in [5.41, 5.74) is 1.89. The van der Waals surface area contributed by atoms with E-state index in [0.29, 0.717) is 17.2 Å². The third-order valence-corrected chi connectivity index (χ3v) is 3.50. The molecule has 1 aromatic heterocycles. The van der Waals surface area contributed by atoms with Crippen molar-refractivity contribution in [3.05, 3.63) is 75.1 Å². The van der Waals surface area contributed by atoms with E-state index in [1.165, 1.54) is 6.07 Å². The number of para-hydroxylation sites is 1. The Labute approximate surface area is 126 Å². The lowest BCUT2D eigenvalue weighted by Crippen LogP contribution is -2.04. The van der Waals surface area contributed by atoms with Gasteiger partial charge in [0.2, 0.25) is 0 Å². The van der Waals surface area contributed by atoms with Crippen LogP contribution in [0.5, 0.6) is 5.75 Å². The number of halogens is 1. The van der Waals surface area contributed by atoms with Crippen molar-refractivity contribution in [1.82, 2.24) is 0 Å². The number of fused-ring (bicyclic) bond motifs is 1. The maximum atomic E-state index is 11.6. The smallest absolute Gasteiger partial charge is 0.336 e. The quantitative estimate of drug-likeness (QED) is 0.676. The molecule has 0 aliphatic rings. The van der Waals surface area contributed by atoms with E-state index in [2.05, 4.69) is 0 Å². The molecule has 0 saturated heterocycles. The van der Waals surface area contributed by atoms with Gasteiger partial charge in [-0.2, -0.15) is 0 Å². The van der Waals surface area contributed by atoms with Crippen LogP contribution >= 0.6 is 11.6 Å². The summed E-state index contributed by atoms with van der Waals surface area (Å²) in [6.07, 6.45) is 0. The standard InChI is InChI=1S/C17H13ClO3/c1-11-4-2-3-5-15(11)20-10-12-8-17(19)21-16-9-13(18)6-7-14(12)16/h2-9H,10H2,1H3. The second kappa shape index (κ2) is 5.62. The van der Waals surface area contributed by atoms with Gasteiger partial charge in [0.05, 0.1) is 0 Å². The highest BCUT2D eigenvalue weighted by Crippen LogP contribution is 2.23. The average molecular weight is 301 g/mol. The maximum Gasteiger partial charge on any atom is 0.336 e. The molecule has 0 saturated carbocycles. The Hall–Kier alpha value is -2.26. The van der Waals surface area contributed by atoms with Crippen molar-refractivity contribution >= 4 is 22.6 Å². The van der Waals surface area contributed by atoms with Crippen LogP contribution in [0.3, 0.4) is 0 Å². The molecule has 0 bridgehead atoms. The maximum absolute atomic E-state index is 11.6. The van der Waals surface area contributed by atoms with E-state index in [1.807, 2.05) is 37.3 Å². The Morgan fingerprint density at radius 1 is 1.14 bits per heavy atom. The number of rotatable bonds is 3. The predicted molar refractivity (Wildman–Crippen MR) is 83.0 cm³/mol. The fourth-order valence-corrected chi connectivity index (χ4v) is 2.36. The zero-order valence-corrected chi connectivity index (χ0v) is 12.2. The van der Waals surface area contributed by atoms with Gasteiger partial charge < -0.3 is 9.15 Å². The van der Waals surface area contributed by atoms with Gasteiger partial charge >= 0.3 is 5.63 Å². The van der Waals surface area contributed by atoms with Gasteiger partial charge in [-0.15, -0.1) is 0 Å². The molecule has 0 fully saturated rings. The Kier molecular flexibility index (Phi) is 3.67. The van der Waals surface area contributed by atoms with Gasteiger partial charge in [-0.25, -0.2) is 4.79 Å². The summed E-state index contributed by atoms with van der Waals surface area (Å²) in [6, 6.07) is 14.4. The van der Waals surface area contributed by atoms with E-state index in [4.69, 9.17) is 20.8 Å². The highest BCUT2D eigenvalue weighted by atomic mass is 35.5. The van der Waals surface area contributed by atoms with Crippen LogP contribution in [0.15, 0.2) is 57.7 Å². The minimum Gasteiger partial charge on any atom is -0.489 e. The molecule has 0 atom stereocenters. The van der Waals surface area contributed by atoms with E-state index in [1.54, 1.807) is 12.1 Å². The molecule has 1 heterocycles. The number of hydrogen-bond acceptors (Lipinski definition) is 3. The molecule has 0 N–H and O–H groups in total. The normalized spacial score (nSPS) is 10.8. The minimum absolute atomic E-state index is 0.300. The first-order valence-corrected chi connectivity index (χ1v) is 6.92. The van der Waals surface area contributed by atoms with Crippen molar-refractivity contribution in [3.63, 3.8) is 0 Å². The van der Waals surface area contributed by atoms with Crippen LogP contribution < -0.4 is 10.4 Å². The van der Waals surface area contributed by atoms with Crippen LogP contribution in [0.1, 0.15) is 11.1 Å². The summed E-state index contributed by atoms with van der Waals surface area (Å²) in [5, 5.41) is 1.36. The third-order valence-electron chi connectivity index (χ3n) is 3.27. The van der Waals surface area contributed by atoms with Crippen molar-refractivity contribution in [1.29, 1.82) is 0 Å². The van der Waals surface area contributed by atoms with Crippen LogP contribution in [0.2, 0.25) is 5.02 Å². The summed E-state index contributed by atoms with van der Waals surface area (Å²) in [4.78, 5) is 11.6. The molecule has 3 rings (SSSR count). The zero-order valence-electron chi connectivity index (χ0n) is 11.4. The van der Waals surface area contributed by atoms with E-state index >= 15 is 0 Å². The van der Waals surface area contributed by atoms with Crippen LogP contribution in [-0.4, -0.2) is 0 Å². The fourth-order valence-electron chi connectivity index (χ4n) is 2.20. The van der Waals surface area contributed by atoms with Crippen LogP contribution in [0.4, 0.5) is 0 Å². The largest absolute Gasteiger partial charge is 0.489 e. The topological polar surface area (TPSA) is 39.4 Å². The predicted octanol–water partition coefficient (Wildman–Crippen LogP) is 4.33. The Bertz CT molecular complexity index is 852. The minimum atomic E-state index is -0.409. The molecule has 0 unspecified atom stereocenters. The first kappa shape index (κ1) is 13.7. The molecule has 3 aromatic rings. The highest BCUT2D eigenvalue weighted by Gasteiger charge is 2.07. The third kappa shape index (κ3) is 2.93. The van der Waals surface area contributed by atoms with Crippen molar-refractivity contribution in [3.8, 4) is 5.75 Å². The second-order valence-corrected chi connectivity index (χ2v) is 5.22. The lowest BCUT2D eigenvalue weighted by molar-refractivity contribution is 0.304. The van der Waals surface area contributed by atoms with Gasteiger partial charge in [0.15, 0.2) is 0 Å². The average Bonchev–Trinajstić information content (AvgIpc) is 2.45. The summed E-state index contributed by atoms with van der Waals surface area (Å²) in [6.45, 7) is 2.28. The van der Waals surface area contributed by atoms with Gasteiger partial charge in [0.1, 0.15) is 17.9 Å². The number of ether oxygens (including phenoxy) is 1. The Morgan fingerprint density at radius 3 is 2.76 bits per heavy atom. The summed E-state index contributed by atoms with van der Waals surface area (Å²) in [5.74, 6) is 0.799. The van der Waals surface area contributed by atoms with Gasteiger partial charge in [0, 0.05) is 28.1 Å². The molecule has 21 heavy (non-hydrogen) atoms.